The molecule has 1 aromatic carbocycles. The number of rotatable bonds is 5. The first-order chi connectivity index (χ1) is 12.4. The highest BCUT2D eigenvalue weighted by Gasteiger charge is 2.28. The summed E-state index contributed by atoms with van der Waals surface area (Å²) >= 11 is 0. The van der Waals surface area contributed by atoms with Crippen LogP contribution in [0.15, 0.2) is 41.4 Å². The van der Waals surface area contributed by atoms with Crippen molar-refractivity contribution in [2.24, 2.45) is 0 Å². The van der Waals surface area contributed by atoms with Crippen LogP contribution in [0, 0.1) is 5.82 Å². The Bertz CT molecular complexity index is 874. The SMILES string of the molecule is CC(NC(=O)c1cc(S(=O)(=O)N2CCOCC2)c[nH]1)c1ccc(F)cc1. The molecule has 0 aliphatic carbocycles. The number of morpholine rings is 1. The fourth-order valence-corrected chi connectivity index (χ4v) is 4.10. The highest BCUT2D eigenvalue weighted by molar-refractivity contribution is 7.89. The van der Waals surface area contributed by atoms with E-state index in [9.17, 15) is 17.6 Å². The van der Waals surface area contributed by atoms with E-state index in [4.69, 9.17) is 4.74 Å². The first-order valence-corrected chi connectivity index (χ1v) is 9.64. The van der Waals surface area contributed by atoms with Crippen LogP contribution < -0.4 is 5.32 Å². The van der Waals surface area contributed by atoms with Crippen molar-refractivity contribution in [3.63, 3.8) is 0 Å². The molecule has 3 rings (SSSR count). The van der Waals surface area contributed by atoms with E-state index < -0.39 is 15.9 Å². The monoisotopic (exact) mass is 381 g/mol. The van der Waals surface area contributed by atoms with Gasteiger partial charge in [-0.25, -0.2) is 12.8 Å². The van der Waals surface area contributed by atoms with Crippen LogP contribution in [-0.2, 0) is 14.8 Å². The number of amides is 1. The van der Waals surface area contributed by atoms with Gasteiger partial charge in [0.15, 0.2) is 0 Å². The molecule has 1 aromatic heterocycles. The highest BCUT2D eigenvalue weighted by atomic mass is 32.2. The summed E-state index contributed by atoms with van der Waals surface area (Å²) in [6.07, 6.45) is 1.31. The van der Waals surface area contributed by atoms with Crippen LogP contribution in [0.4, 0.5) is 4.39 Å². The molecule has 2 heterocycles. The van der Waals surface area contributed by atoms with Crippen LogP contribution in [0.25, 0.3) is 0 Å². The van der Waals surface area contributed by atoms with Crippen LogP contribution in [0.1, 0.15) is 29.0 Å². The molecule has 9 heteroatoms. The van der Waals surface area contributed by atoms with Crippen molar-refractivity contribution in [2.45, 2.75) is 17.9 Å². The number of carbonyl (C=O) groups is 1. The van der Waals surface area contributed by atoms with E-state index in [0.29, 0.717) is 13.2 Å². The minimum atomic E-state index is -3.66. The molecule has 1 aliphatic heterocycles. The van der Waals surface area contributed by atoms with Gasteiger partial charge in [-0.3, -0.25) is 4.79 Å². The Morgan fingerprint density at radius 2 is 1.92 bits per heavy atom. The summed E-state index contributed by atoms with van der Waals surface area (Å²) in [5.74, 6) is -0.792. The molecular weight excluding hydrogens is 361 g/mol. The number of benzene rings is 1. The number of aromatic nitrogens is 1. The summed E-state index contributed by atoms with van der Waals surface area (Å²) in [6, 6.07) is 6.77. The van der Waals surface area contributed by atoms with Crippen molar-refractivity contribution in [1.29, 1.82) is 0 Å². The Morgan fingerprint density at radius 3 is 2.58 bits per heavy atom. The van der Waals surface area contributed by atoms with Crippen molar-refractivity contribution in [3.8, 4) is 0 Å². The number of nitrogens with one attached hydrogen (secondary N) is 2. The molecule has 26 heavy (non-hydrogen) atoms. The fraction of sp³-hybridized carbons (Fsp3) is 0.353. The van der Waals surface area contributed by atoms with Crippen molar-refractivity contribution in [2.75, 3.05) is 26.3 Å². The normalized spacial score (nSPS) is 17.0. The smallest absolute Gasteiger partial charge is 0.268 e. The number of nitrogens with zero attached hydrogens (tertiary/aromatic N) is 1. The molecule has 0 bridgehead atoms. The lowest BCUT2D eigenvalue weighted by molar-refractivity contribution is 0.0730. The minimum Gasteiger partial charge on any atom is -0.379 e. The zero-order valence-corrected chi connectivity index (χ0v) is 15.1. The molecular formula is C17H20FN3O4S. The van der Waals surface area contributed by atoms with E-state index in [0.717, 1.165) is 5.56 Å². The third-order valence-electron chi connectivity index (χ3n) is 4.23. The van der Waals surface area contributed by atoms with Gasteiger partial charge in [-0.1, -0.05) is 12.1 Å². The molecule has 1 unspecified atom stereocenters. The summed E-state index contributed by atoms with van der Waals surface area (Å²) in [5.41, 5.74) is 0.887. The lowest BCUT2D eigenvalue weighted by Crippen LogP contribution is -2.40. The van der Waals surface area contributed by atoms with E-state index in [1.807, 2.05) is 0 Å². The summed E-state index contributed by atoms with van der Waals surface area (Å²) < 4.78 is 44.6. The number of carbonyl (C=O) groups excluding carboxylic acids is 1. The number of aromatic amines is 1. The molecule has 1 fully saturated rings. The van der Waals surface area contributed by atoms with Crippen molar-refractivity contribution in [3.05, 3.63) is 53.6 Å². The Kier molecular flexibility index (Phi) is 5.40. The van der Waals surface area contributed by atoms with Gasteiger partial charge in [0, 0.05) is 19.3 Å². The Labute approximate surface area is 151 Å². The van der Waals surface area contributed by atoms with E-state index in [-0.39, 0.29) is 35.5 Å². The van der Waals surface area contributed by atoms with Crippen LogP contribution in [0.5, 0.6) is 0 Å². The standard InChI is InChI=1S/C17H20FN3O4S/c1-12(13-2-4-14(18)5-3-13)20-17(22)16-10-15(11-19-16)26(23,24)21-6-8-25-9-7-21/h2-5,10-12,19H,6-9H2,1H3,(H,20,22). The van der Waals surface area contributed by atoms with Crippen LogP contribution in [0.2, 0.25) is 0 Å². The maximum atomic E-state index is 13.0. The predicted molar refractivity (Wildman–Crippen MR) is 92.7 cm³/mol. The number of H-pyrrole nitrogens is 1. The molecule has 0 radical (unpaired) electrons. The van der Waals surface area contributed by atoms with Gasteiger partial charge in [-0.2, -0.15) is 4.31 Å². The molecule has 2 aromatic rings. The van der Waals surface area contributed by atoms with Gasteiger partial charge in [0.25, 0.3) is 5.91 Å². The van der Waals surface area contributed by atoms with E-state index >= 15 is 0 Å². The summed E-state index contributed by atoms with van der Waals surface area (Å²) in [5, 5.41) is 2.76. The van der Waals surface area contributed by atoms with Crippen molar-refractivity contribution >= 4 is 15.9 Å². The quantitative estimate of drug-likeness (QED) is 0.824. The molecule has 0 spiro atoms. The molecule has 2 N–H and O–H groups in total. The number of halogens is 1. The molecule has 0 saturated carbocycles. The van der Waals surface area contributed by atoms with Crippen molar-refractivity contribution in [1.82, 2.24) is 14.6 Å². The topological polar surface area (TPSA) is 91.5 Å². The Morgan fingerprint density at radius 1 is 1.27 bits per heavy atom. The Hall–Kier alpha value is -2.23. The van der Waals surface area contributed by atoms with Gasteiger partial charge >= 0.3 is 0 Å². The second kappa shape index (κ2) is 7.56. The van der Waals surface area contributed by atoms with Gasteiger partial charge in [-0.05, 0) is 30.7 Å². The van der Waals surface area contributed by atoms with E-state index in [1.54, 1.807) is 19.1 Å². The van der Waals surface area contributed by atoms with Crippen LogP contribution in [-0.4, -0.2) is 49.9 Å². The largest absolute Gasteiger partial charge is 0.379 e. The second-order valence-electron chi connectivity index (χ2n) is 6.01. The molecule has 1 aliphatic rings. The second-order valence-corrected chi connectivity index (χ2v) is 7.95. The number of hydrogen-bond donors (Lipinski definition) is 2. The van der Waals surface area contributed by atoms with Gasteiger partial charge < -0.3 is 15.0 Å². The average molecular weight is 381 g/mol. The maximum Gasteiger partial charge on any atom is 0.268 e. The van der Waals surface area contributed by atoms with E-state index in [2.05, 4.69) is 10.3 Å². The lowest BCUT2D eigenvalue weighted by atomic mass is 10.1. The maximum absolute atomic E-state index is 13.0. The van der Waals surface area contributed by atoms with Crippen molar-refractivity contribution < 1.29 is 22.3 Å². The zero-order chi connectivity index (χ0) is 18.7. The third kappa shape index (κ3) is 3.95. The Balaban J connectivity index is 1.70. The summed E-state index contributed by atoms with van der Waals surface area (Å²) in [4.78, 5) is 15.1. The summed E-state index contributed by atoms with van der Waals surface area (Å²) in [7, 11) is -3.66. The van der Waals surface area contributed by atoms with Crippen LogP contribution >= 0.6 is 0 Å². The minimum absolute atomic E-state index is 0.0407. The fourth-order valence-electron chi connectivity index (χ4n) is 2.70. The lowest BCUT2D eigenvalue weighted by Gasteiger charge is -2.25. The average Bonchev–Trinajstić information content (AvgIpc) is 3.14. The molecule has 1 atom stereocenters. The van der Waals surface area contributed by atoms with Gasteiger partial charge in [-0.15, -0.1) is 0 Å². The number of sulfonamides is 1. The first-order valence-electron chi connectivity index (χ1n) is 8.20. The number of hydrogen-bond acceptors (Lipinski definition) is 4. The predicted octanol–water partition coefficient (Wildman–Crippen LogP) is 1.67. The first kappa shape index (κ1) is 18.6. The van der Waals surface area contributed by atoms with E-state index in [1.165, 1.54) is 28.7 Å². The number of ether oxygens (including phenoxy) is 1. The summed E-state index contributed by atoms with van der Waals surface area (Å²) in [6.45, 7) is 3.05. The third-order valence-corrected chi connectivity index (χ3v) is 6.10. The molecule has 1 amide bonds. The van der Waals surface area contributed by atoms with Crippen LogP contribution in [0.3, 0.4) is 0 Å². The zero-order valence-electron chi connectivity index (χ0n) is 14.2. The highest BCUT2D eigenvalue weighted by Crippen LogP contribution is 2.19. The molecule has 1 saturated heterocycles. The van der Waals surface area contributed by atoms with Gasteiger partial charge in [0.1, 0.15) is 16.4 Å². The molecule has 7 nitrogen and oxygen atoms in total. The van der Waals surface area contributed by atoms with Gasteiger partial charge in [0.2, 0.25) is 10.0 Å². The molecule has 140 valence electrons. The van der Waals surface area contributed by atoms with Gasteiger partial charge in [0.05, 0.1) is 19.3 Å².